The van der Waals surface area contributed by atoms with Crippen molar-refractivity contribution in [3.63, 3.8) is 0 Å². The van der Waals surface area contributed by atoms with E-state index >= 15 is 0 Å². The van der Waals surface area contributed by atoms with E-state index in [-0.39, 0.29) is 0 Å². The highest BCUT2D eigenvalue weighted by Crippen LogP contribution is 2.31. The van der Waals surface area contributed by atoms with Gasteiger partial charge in [-0.2, -0.15) is 0 Å². The van der Waals surface area contributed by atoms with Crippen LogP contribution in [0.25, 0.3) is 0 Å². The van der Waals surface area contributed by atoms with E-state index in [2.05, 4.69) is 18.7 Å². The zero-order valence-corrected chi connectivity index (χ0v) is 11.1. The molecule has 0 radical (unpaired) electrons. The van der Waals surface area contributed by atoms with Crippen LogP contribution in [0.2, 0.25) is 0 Å². The van der Waals surface area contributed by atoms with Gasteiger partial charge in [-0.05, 0) is 49.8 Å². The normalized spacial score (nSPS) is 21.6. The minimum Gasteiger partial charge on any atom is -0.497 e. The number of hydrogen-bond donors (Lipinski definition) is 0. The molecule has 2 heteroatoms. The lowest BCUT2D eigenvalue weighted by molar-refractivity contribution is 0.354. The second-order valence-corrected chi connectivity index (χ2v) is 4.82. The van der Waals surface area contributed by atoms with Gasteiger partial charge in [-0.15, -0.1) is 6.58 Å². The van der Waals surface area contributed by atoms with Crippen LogP contribution in [0.3, 0.4) is 0 Å². The third-order valence-corrected chi connectivity index (χ3v) is 3.44. The van der Waals surface area contributed by atoms with Gasteiger partial charge in [0.1, 0.15) is 5.75 Å². The van der Waals surface area contributed by atoms with Crippen LogP contribution in [0.15, 0.2) is 36.9 Å². The molecule has 0 aromatic heterocycles. The summed E-state index contributed by atoms with van der Waals surface area (Å²) in [5, 5.41) is 0. The molecular weight excluding hydrogens is 224 g/mol. The Bertz CT molecular complexity index is 386. The van der Waals surface area contributed by atoms with Crippen molar-refractivity contribution in [2.75, 3.05) is 7.11 Å². The van der Waals surface area contributed by atoms with E-state index in [1.807, 2.05) is 18.2 Å². The SMILES string of the molecule is C=CCCCC1OC1CCc1cccc(OC)c1. The van der Waals surface area contributed by atoms with Gasteiger partial charge >= 0.3 is 0 Å². The molecule has 1 saturated heterocycles. The van der Waals surface area contributed by atoms with Gasteiger partial charge in [-0.25, -0.2) is 0 Å². The van der Waals surface area contributed by atoms with Crippen LogP contribution >= 0.6 is 0 Å². The molecule has 2 rings (SSSR count). The molecule has 0 saturated carbocycles. The minimum absolute atomic E-state index is 0.473. The fraction of sp³-hybridized carbons (Fsp3) is 0.500. The molecule has 1 aliphatic rings. The lowest BCUT2D eigenvalue weighted by Crippen LogP contribution is -1.97. The Balaban J connectivity index is 1.68. The van der Waals surface area contributed by atoms with E-state index in [1.54, 1.807) is 7.11 Å². The average molecular weight is 246 g/mol. The molecule has 18 heavy (non-hydrogen) atoms. The number of unbranched alkanes of at least 4 members (excludes halogenated alkanes) is 1. The fourth-order valence-corrected chi connectivity index (χ4v) is 2.29. The molecule has 2 atom stereocenters. The number of ether oxygens (including phenoxy) is 2. The Morgan fingerprint density at radius 1 is 1.33 bits per heavy atom. The van der Waals surface area contributed by atoms with Crippen molar-refractivity contribution in [3.8, 4) is 5.75 Å². The van der Waals surface area contributed by atoms with Crippen molar-refractivity contribution in [3.05, 3.63) is 42.5 Å². The van der Waals surface area contributed by atoms with E-state index in [0.29, 0.717) is 12.2 Å². The molecule has 0 aliphatic carbocycles. The van der Waals surface area contributed by atoms with Crippen molar-refractivity contribution >= 4 is 0 Å². The number of benzene rings is 1. The van der Waals surface area contributed by atoms with Gasteiger partial charge in [0.25, 0.3) is 0 Å². The van der Waals surface area contributed by atoms with E-state index in [1.165, 1.54) is 18.4 Å². The quantitative estimate of drug-likeness (QED) is 0.396. The fourth-order valence-electron chi connectivity index (χ4n) is 2.29. The molecule has 0 spiro atoms. The molecular formula is C16H22O2. The Kier molecular flexibility index (Phi) is 4.82. The molecule has 0 amide bonds. The molecule has 1 heterocycles. The summed E-state index contributed by atoms with van der Waals surface area (Å²) in [6, 6.07) is 8.28. The predicted octanol–water partition coefficient (Wildman–Crippen LogP) is 3.75. The number of aryl methyl sites for hydroxylation is 1. The van der Waals surface area contributed by atoms with Crippen LogP contribution in [0.1, 0.15) is 31.2 Å². The Hall–Kier alpha value is -1.28. The molecule has 2 unspecified atom stereocenters. The van der Waals surface area contributed by atoms with E-state index < -0.39 is 0 Å². The van der Waals surface area contributed by atoms with Crippen molar-refractivity contribution in [1.29, 1.82) is 0 Å². The predicted molar refractivity (Wildman–Crippen MR) is 74.0 cm³/mol. The highest BCUT2D eigenvalue weighted by molar-refractivity contribution is 5.28. The molecule has 98 valence electrons. The summed E-state index contributed by atoms with van der Waals surface area (Å²) < 4.78 is 10.9. The smallest absolute Gasteiger partial charge is 0.119 e. The largest absolute Gasteiger partial charge is 0.497 e. The Labute approximate surface area is 110 Å². The first-order valence-electron chi connectivity index (χ1n) is 6.73. The van der Waals surface area contributed by atoms with Crippen molar-refractivity contribution in [2.45, 2.75) is 44.3 Å². The average Bonchev–Trinajstić information content (AvgIpc) is 3.16. The van der Waals surface area contributed by atoms with Gasteiger partial charge in [0.15, 0.2) is 0 Å². The number of rotatable bonds is 8. The molecule has 0 bridgehead atoms. The van der Waals surface area contributed by atoms with Gasteiger partial charge in [-0.3, -0.25) is 0 Å². The van der Waals surface area contributed by atoms with Gasteiger partial charge in [0.2, 0.25) is 0 Å². The number of allylic oxidation sites excluding steroid dienone is 1. The topological polar surface area (TPSA) is 21.8 Å². The van der Waals surface area contributed by atoms with E-state index in [0.717, 1.165) is 25.0 Å². The highest BCUT2D eigenvalue weighted by atomic mass is 16.6. The summed E-state index contributed by atoms with van der Waals surface area (Å²) in [5.41, 5.74) is 1.33. The lowest BCUT2D eigenvalue weighted by Gasteiger charge is -2.03. The van der Waals surface area contributed by atoms with Crippen molar-refractivity contribution in [2.24, 2.45) is 0 Å². The van der Waals surface area contributed by atoms with Crippen molar-refractivity contribution in [1.82, 2.24) is 0 Å². The number of hydrogen-bond acceptors (Lipinski definition) is 2. The summed E-state index contributed by atoms with van der Waals surface area (Å²) in [6.45, 7) is 3.74. The number of epoxide rings is 1. The van der Waals surface area contributed by atoms with E-state index in [4.69, 9.17) is 9.47 Å². The molecule has 1 fully saturated rings. The van der Waals surface area contributed by atoms with Gasteiger partial charge in [0.05, 0.1) is 19.3 Å². The van der Waals surface area contributed by atoms with Gasteiger partial charge in [0, 0.05) is 0 Å². The standard InChI is InChI=1S/C16H22O2/c1-3-4-5-9-15-16(18-15)11-10-13-7-6-8-14(12-13)17-2/h3,6-8,12,15-16H,1,4-5,9-11H2,2H3. The van der Waals surface area contributed by atoms with Crippen LogP contribution in [-0.2, 0) is 11.2 Å². The van der Waals surface area contributed by atoms with Gasteiger partial charge in [-0.1, -0.05) is 18.2 Å². The molecule has 0 N–H and O–H groups in total. The van der Waals surface area contributed by atoms with E-state index in [9.17, 15) is 0 Å². The lowest BCUT2D eigenvalue weighted by atomic mass is 10.0. The molecule has 1 aromatic carbocycles. The maximum atomic E-state index is 5.68. The van der Waals surface area contributed by atoms with Crippen LogP contribution < -0.4 is 4.74 Å². The minimum atomic E-state index is 0.473. The monoisotopic (exact) mass is 246 g/mol. The summed E-state index contributed by atoms with van der Waals surface area (Å²) >= 11 is 0. The third kappa shape index (κ3) is 3.88. The molecule has 1 aliphatic heterocycles. The summed E-state index contributed by atoms with van der Waals surface area (Å²) in [7, 11) is 1.71. The number of methoxy groups -OCH3 is 1. The first kappa shape index (κ1) is 13.2. The second kappa shape index (κ2) is 6.60. The maximum Gasteiger partial charge on any atom is 0.119 e. The van der Waals surface area contributed by atoms with Crippen molar-refractivity contribution < 1.29 is 9.47 Å². The van der Waals surface area contributed by atoms with Crippen LogP contribution in [0, 0.1) is 0 Å². The van der Waals surface area contributed by atoms with Crippen LogP contribution in [0.5, 0.6) is 5.75 Å². The van der Waals surface area contributed by atoms with Crippen LogP contribution in [0.4, 0.5) is 0 Å². The Morgan fingerprint density at radius 2 is 2.17 bits per heavy atom. The highest BCUT2D eigenvalue weighted by Gasteiger charge is 2.36. The summed E-state index contributed by atoms with van der Waals surface area (Å²) in [4.78, 5) is 0. The maximum absolute atomic E-state index is 5.68. The summed E-state index contributed by atoms with van der Waals surface area (Å²) in [6.07, 6.45) is 8.61. The summed E-state index contributed by atoms with van der Waals surface area (Å²) in [5.74, 6) is 0.937. The second-order valence-electron chi connectivity index (χ2n) is 4.82. The first-order valence-corrected chi connectivity index (χ1v) is 6.73. The first-order chi connectivity index (χ1) is 8.83. The molecule has 2 nitrogen and oxygen atoms in total. The zero-order valence-electron chi connectivity index (χ0n) is 11.1. The van der Waals surface area contributed by atoms with Gasteiger partial charge < -0.3 is 9.47 Å². The molecule has 1 aromatic rings. The zero-order chi connectivity index (χ0) is 12.8. The third-order valence-electron chi connectivity index (χ3n) is 3.44. The Morgan fingerprint density at radius 3 is 2.94 bits per heavy atom. The van der Waals surface area contributed by atoms with Crippen LogP contribution in [-0.4, -0.2) is 19.3 Å².